The lowest BCUT2D eigenvalue weighted by atomic mass is 10.3. The molecule has 1 heterocycles. The van der Waals surface area contributed by atoms with Gasteiger partial charge in [-0.25, -0.2) is 0 Å². The van der Waals surface area contributed by atoms with Crippen LogP contribution in [-0.2, 0) is 0 Å². The van der Waals surface area contributed by atoms with Gasteiger partial charge in [-0.1, -0.05) is 0 Å². The summed E-state index contributed by atoms with van der Waals surface area (Å²) in [7, 11) is 1.70. The van der Waals surface area contributed by atoms with Gasteiger partial charge in [0.2, 0.25) is 0 Å². The Bertz CT molecular complexity index is 255. The minimum atomic E-state index is -0.223. The van der Waals surface area contributed by atoms with Crippen LogP contribution in [0.15, 0.2) is 0 Å². The van der Waals surface area contributed by atoms with Crippen molar-refractivity contribution in [2.24, 2.45) is 0 Å². The van der Waals surface area contributed by atoms with Crippen LogP contribution in [0, 0.1) is 0 Å². The molecule has 0 aliphatic rings. The molecule has 0 aliphatic heterocycles. The molecule has 0 radical (unpaired) electrons. The highest BCUT2D eigenvalue weighted by Gasteiger charge is 2.17. The molecule has 0 saturated carbocycles. The average molecular weight is 169 g/mol. The van der Waals surface area contributed by atoms with E-state index in [9.17, 15) is 4.79 Å². The lowest BCUT2D eigenvalue weighted by Gasteiger charge is -2.18. The lowest BCUT2D eigenvalue weighted by molar-refractivity contribution is 0.0742. The molecule has 66 valence electrons. The van der Waals surface area contributed by atoms with Crippen LogP contribution >= 0.6 is 0 Å². The van der Waals surface area contributed by atoms with Gasteiger partial charge in [0.1, 0.15) is 0 Å². The van der Waals surface area contributed by atoms with E-state index in [-0.39, 0.29) is 17.8 Å². The van der Waals surface area contributed by atoms with Crippen molar-refractivity contribution in [1.82, 2.24) is 25.5 Å². The predicted molar refractivity (Wildman–Crippen MR) is 41.4 cm³/mol. The topological polar surface area (TPSA) is 74.8 Å². The number of tetrazole rings is 1. The molecule has 1 rings (SSSR count). The Kier molecular flexibility index (Phi) is 2.37. The highest BCUT2D eigenvalue weighted by Crippen LogP contribution is 1.98. The predicted octanol–water partition coefficient (Wildman–Crippen LogP) is -0.320. The summed E-state index contributed by atoms with van der Waals surface area (Å²) in [6.07, 6.45) is 0. The molecule has 0 saturated heterocycles. The first-order chi connectivity index (χ1) is 5.63. The Morgan fingerprint density at radius 2 is 2.25 bits per heavy atom. The minimum absolute atomic E-state index is 0.103. The largest absolute Gasteiger partial charge is 0.336 e. The summed E-state index contributed by atoms with van der Waals surface area (Å²) in [5, 5.41) is 12.7. The number of nitrogens with one attached hydrogen (secondary N) is 1. The smallest absolute Gasteiger partial charge is 0.295 e. The van der Waals surface area contributed by atoms with Crippen LogP contribution in [0.25, 0.3) is 0 Å². The molecule has 0 aliphatic carbocycles. The van der Waals surface area contributed by atoms with E-state index in [1.807, 2.05) is 13.8 Å². The van der Waals surface area contributed by atoms with Crippen LogP contribution in [0.5, 0.6) is 0 Å². The van der Waals surface area contributed by atoms with E-state index in [1.54, 1.807) is 11.9 Å². The van der Waals surface area contributed by atoms with Gasteiger partial charge in [0.15, 0.2) is 0 Å². The summed E-state index contributed by atoms with van der Waals surface area (Å²) in [4.78, 5) is 12.9. The van der Waals surface area contributed by atoms with E-state index in [0.29, 0.717) is 0 Å². The molecule has 1 aromatic heterocycles. The maximum absolute atomic E-state index is 11.4. The SMILES string of the molecule is CC(C)N(C)C(=O)c1nn[nH]n1. The van der Waals surface area contributed by atoms with Crippen LogP contribution in [0.4, 0.5) is 0 Å². The maximum atomic E-state index is 11.4. The normalized spacial score (nSPS) is 10.3. The fourth-order valence-electron chi connectivity index (χ4n) is 0.645. The zero-order chi connectivity index (χ0) is 9.14. The molecular weight excluding hydrogens is 158 g/mol. The standard InChI is InChI=1S/C6H11N5O/c1-4(2)11(3)6(12)5-7-9-10-8-5/h4H,1-3H3,(H,7,8,9,10). The van der Waals surface area contributed by atoms with Crippen LogP contribution in [-0.4, -0.2) is 44.5 Å². The number of amides is 1. The number of hydrogen-bond donors (Lipinski definition) is 1. The van der Waals surface area contributed by atoms with Crippen LogP contribution in [0.2, 0.25) is 0 Å². The third-order valence-electron chi connectivity index (χ3n) is 1.63. The average Bonchev–Trinajstić information content (AvgIpc) is 2.53. The van der Waals surface area contributed by atoms with E-state index >= 15 is 0 Å². The van der Waals surface area contributed by atoms with Gasteiger partial charge < -0.3 is 4.90 Å². The molecule has 0 aromatic carbocycles. The van der Waals surface area contributed by atoms with Crippen LogP contribution in [0.3, 0.4) is 0 Å². The first-order valence-corrected chi connectivity index (χ1v) is 3.63. The van der Waals surface area contributed by atoms with Crippen molar-refractivity contribution in [2.45, 2.75) is 19.9 Å². The van der Waals surface area contributed by atoms with Gasteiger partial charge in [-0.2, -0.15) is 5.21 Å². The maximum Gasteiger partial charge on any atom is 0.295 e. The molecule has 6 nitrogen and oxygen atoms in total. The fraction of sp³-hybridized carbons (Fsp3) is 0.667. The molecular formula is C6H11N5O. The van der Waals surface area contributed by atoms with E-state index in [0.717, 1.165) is 0 Å². The Morgan fingerprint density at radius 3 is 2.67 bits per heavy atom. The quantitative estimate of drug-likeness (QED) is 0.658. The zero-order valence-corrected chi connectivity index (χ0v) is 7.27. The van der Waals surface area contributed by atoms with Crippen molar-refractivity contribution in [3.05, 3.63) is 5.82 Å². The van der Waals surface area contributed by atoms with Gasteiger partial charge in [0, 0.05) is 13.1 Å². The third kappa shape index (κ3) is 1.58. The molecule has 0 atom stereocenters. The van der Waals surface area contributed by atoms with Gasteiger partial charge in [0.05, 0.1) is 0 Å². The lowest BCUT2D eigenvalue weighted by Crippen LogP contribution is -2.33. The van der Waals surface area contributed by atoms with E-state index < -0.39 is 0 Å². The van der Waals surface area contributed by atoms with Gasteiger partial charge in [0.25, 0.3) is 11.7 Å². The number of H-pyrrole nitrogens is 1. The molecule has 0 spiro atoms. The Labute approximate surface area is 70.0 Å². The molecule has 6 heteroatoms. The molecule has 0 unspecified atom stereocenters. The summed E-state index contributed by atoms with van der Waals surface area (Å²) in [6, 6.07) is 0.135. The van der Waals surface area contributed by atoms with E-state index in [4.69, 9.17) is 0 Å². The van der Waals surface area contributed by atoms with Crippen molar-refractivity contribution >= 4 is 5.91 Å². The number of nitrogens with zero attached hydrogens (tertiary/aromatic N) is 4. The van der Waals surface area contributed by atoms with Crippen molar-refractivity contribution < 1.29 is 4.79 Å². The van der Waals surface area contributed by atoms with Gasteiger partial charge in [-0.3, -0.25) is 4.79 Å². The van der Waals surface area contributed by atoms with Crippen molar-refractivity contribution in [3.63, 3.8) is 0 Å². The molecule has 12 heavy (non-hydrogen) atoms. The van der Waals surface area contributed by atoms with Gasteiger partial charge in [-0.05, 0) is 19.1 Å². The monoisotopic (exact) mass is 169 g/mol. The molecule has 1 aromatic rings. The second kappa shape index (κ2) is 3.29. The summed E-state index contributed by atoms with van der Waals surface area (Å²) in [5.41, 5.74) is 0. The van der Waals surface area contributed by atoms with Crippen molar-refractivity contribution in [3.8, 4) is 0 Å². The number of aromatic amines is 1. The summed E-state index contributed by atoms with van der Waals surface area (Å²) in [5.74, 6) is -0.120. The molecule has 0 bridgehead atoms. The highest BCUT2D eigenvalue weighted by molar-refractivity contribution is 5.90. The Hall–Kier alpha value is -1.46. The fourth-order valence-corrected chi connectivity index (χ4v) is 0.645. The Morgan fingerprint density at radius 1 is 1.58 bits per heavy atom. The van der Waals surface area contributed by atoms with E-state index in [2.05, 4.69) is 20.6 Å². The first-order valence-electron chi connectivity index (χ1n) is 3.63. The highest BCUT2D eigenvalue weighted by atomic mass is 16.2. The van der Waals surface area contributed by atoms with Crippen LogP contribution < -0.4 is 0 Å². The molecule has 1 amide bonds. The number of hydrogen-bond acceptors (Lipinski definition) is 4. The summed E-state index contributed by atoms with van der Waals surface area (Å²) in [6.45, 7) is 3.83. The second-order valence-electron chi connectivity index (χ2n) is 2.75. The van der Waals surface area contributed by atoms with E-state index in [1.165, 1.54) is 0 Å². The van der Waals surface area contributed by atoms with Crippen molar-refractivity contribution in [2.75, 3.05) is 7.05 Å². The van der Waals surface area contributed by atoms with Crippen LogP contribution in [0.1, 0.15) is 24.5 Å². The number of carbonyl (C=O) groups is 1. The van der Waals surface area contributed by atoms with Crippen molar-refractivity contribution in [1.29, 1.82) is 0 Å². The zero-order valence-electron chi connectivity index (χ0n) is 7.27. The first kappa shape index (κ1) is 8.63. The number of rotatable bonds is 2. The summed E-state index contributed by atoms with van der Waals surface area (Å²) < 4.78 is 0. The minimum Gasteiger partial charge on any atom is -0.336 e. The second-order valence-corrected chi connectivity index (χ2v) is 2.75. The Balaban J connectivity index is 2.72. The van der Waals surface area contributed by atoms with Gasteiger partial charge in [-0.15, -0.1) is 10.2 Å². The molecule has 1 N–H and O–H groups in total. The molecule has 0 fully saturated rings. The number of carbonyl (C=O) groups excluding carboxylic acids is 1. The summed E-state index contributed by atoms with van der Waals surface area (Å²) >= 11 is 0. The van der Waals surface area contributed by atoms with Gasteiger partial charge >= 0.3 is 0 Å². The third-order valence-corrected chi connectivity index (χ3v) is 1.63. The number of aromatic nitrogens is 4.